The lowest BCUT2D eigenvalue weighted by atomic mass is 10.1. The quantitative estimate of drug-likeness (QED) is 0.746. The van der Waals surface area contributed by atoms with E-state index in [0.717, 1.165) is 5.92 Å². The van der Waals surface area contributed by atoms with E-state index in [2.05, 4.69) is 30.3 Å². The maximum absolute atomic E-state index is 8.87. The van der Waals surface area contributed by atoms with Crippen molar-refractivity contribution in [3.05, 3.63) is 35.9 Å². The maximum atomic E-state index is 8.87. The third-order valence-electron chi connectivity index (χ3n) is 2.95. The van der Waals surface area contributed by atoms with Gasteiger partial charge in [-0.2, -0.15) is 0 Å². The first kappa shape index (κ1) is 8.76. The van der Waals surface area contributed by atoms with Crippen LogP contribution in [0.4, 0.5) is 0 Å². The van der Waals surface area contributed by atoms with Crippen LogP contribution in [0.5, 0.6) is 0 Å². The lowest BCUT2D eigenvalue weighted by Gasteiger charge is -1.99. The van der Waals surface area contributed by atoms with E-state index < -0.39 is 0 Å². The van der Waals surface area contributed by atoms with Crippen LogP contribution in [0.2, 0.25) is 0 Å². The Balaban J connectivity index is 1.75. The molecule has 0 aliphatic heterocycles. The van der Waals surface area contributed by atoms with Gasteiger partial charge in [0.15, 0.2) is 0 Å². The lowest BCUT2D eigenvalue weighted by Crippen LogP contribution is -1.91. The van der Waals surface area contributed by atoms with Crippen LogP contribution in [0.25, 0.3) is 0 Å². The SMILES string of the molecule is OCC1CC1CCc1ccccc1. The second kappa shape index (κ2) is 3.93. The Morgan fingerprint density at radius 3 is 2.54 bits per heavy atom. The van der Waals surface area contributed by atoms with Crippen molar-refractivity contribution >= 4 is 0 Å². The molecule has 2 rings (SSSR count). The van der Waals surface area contributed by atoms with E-state index in [1.807, 2.05) is 0 Å². The number of rotatable bonds is 4. The summed E-state index contributed by atoms with van der Waals surface area (Å²) in [5.41, 5.74) is 1.42. The topological polar surface area (TPSA) is 20.2 Å². The fraction of sp³-hybridized carbons (Fsp3) is 0.500. The van der Waals surface area contributed by atoms with Crippen LogP contribution >= 0.6 is 0 Å². The van der Waals surface area contributed by atoms with E-state index in [1.54, 1.807) is 0 Å². The van der Waals surface area contributed by atoms with Gasteiger partial charge < -0.3 is 5.11 Å². The molecule has 1 N–H and O–H groups in total. The Hall–Kier alpha value is -0.820. The molecular formula is C12H16O. The van der Waals surface area contributed by atoms with Crippen molar-refractivity contribution in [2.75, 3.05) is 6.61 Å². The molecule has 2 unspecified atom stereocenters. The van der Waals surface area contributed by atoms with Gasteiger partial charge in [-0.3, -0.25) is 0 Å². The first-order valence-corrected chi connectivity index (χ1v) is 5.05. The maximum Gasteiger partial charge on any atom is 0.0462 e. The minimum absolute atomic E-state index is 0.388. The van der Waals surface area contributed by atoms with Crippen molar-refractivity contribution in [1.82, 2.24) is 0 Å². The van der Waals surface area contributed by atoms with Crippen molar-refractivity contribution in [2.24, 2.45) is 11.8 Å². The molecule has 0 heterocycles. The van der Waals surface area contributed by atoms with Gasteiger partial charge in [0.2, 0.25) is 0 Å². The third-order valence-corrected chi connectivity index (χ3v) is 2.95. The lowest BCUT2D eigenvalue weighted by molar-refractivity contribution is 0.267. The molecule has 13 heavy (non-hydrogen) atoms. The smallest absolute Gasteiger partial charge is 0.0462 e. The summed E-state index contributed by atoms with van der Waals surface area (Å²) in [5.74, 6) is 1.41. The third kappa shape index (κ3) is 2.31. The van der Waals surface area contributed by atoms with E-state index in [1.165, 1.54) is 24.8 Å². The number of aryl methyl sites for hydroxylation is 1. The van der Waals surface area contributed by atoms with Gasteiger partial charge in [0, 0.05) is 6.61 Å². The number of aliphatic hydroxyl groups is 1. The summed E-state index contributed by atoms with van der Waals surface area (Å²) in [6, 6.07) is 10.6. The largest absolute Gasteiger partial charge is 0.396 e. The fourth-order valence-corrected chi connectivity index (χ4v) is 1.88. The average Bonchev–Trinajstić information content (AvgIpc) is 2.95. The van der Waals surface area contributed by atoms with Crippen molar-refractivity contribution < 1.29 is 5.11 Å². The van der Waals surface area contributed by atoms with Crippen LogP contribution in [0, 0.1) is 11.8 Å². The summed E-state index contributed by atoms with van der Waals surface area (Å²) in [6.07, 6.45) is 3.65. The Morgan fingerprint density at radius 1 is 1.15 bits per heavy atom. The van der Waals surface area contributed by atoms with Gasteiger partial charge >= 0.3 is 0 Å². The molecule has 0 amide bonds. The summed E-state index contributed by atoms with van der Waals surface area (Å²) in [7, 11) is 0. The van der Waals surface area contributed by atoms with Crippen molar-refractivity contribution in [1.29, 1.82) is 0 Å². The molecule has 1 saturated carbocycles. The van der Waals surface area contributed by atoms with Gasteiger partial charge in [-0.1, -0.05) is 30.3 Å². The van der Waals surface area contributed by atoms with Gasteiger partial charge in [0.05, 0.1) is 0 Å². The van der Waals surface area contributed by atoms with Crippen molar-refractivity contribution in [3.63, 3.8) is 0 Å². The monoisotopic (exact) mass is 176 g/mol. The zero-order valence-corrected chi connectivity index (χ0v) is 7.82. The summed E-state index contributed by atoms with van der Waals surface area (Å²) >= 11 is 0. The Bertz CT molecular complexity index is 255. The second-order valence-corrected chi connectivity index (χ2v) is 3.96. The normalized spacial score (nSPS) is 25.9. The second-order valence-electron chi connectivity index (χ2n) is 3.96. The molecule has 1 fully saturated rings. The minimum atomic E-state index is 0.388. The van der Waals surface area contributed by atoms with Crippen LogP contribution < -0.4 is 0 Å². The first-order chi connectivity index (χ1) is 6.40. The number of hydrogen-bond donors (Lipinski definition) is 1. The van der Waals surface area contributed by atoms with Crippen LogP contribution in [0.1, 0.15) is 18.4 Å². The number of hydrogen-bond acceptors (Lipinski definition) is 1. The molecular weight excluding hydrogens is 160 g/mol. The molecule has 1 aromatic rings. The predicted octanol–water partition coefficient (Wildman–Crippen LogP) is 2.25. The average molecular weight is 176 g/mol. The number of benzene rings is 1. The molecule has 0 saturated heterocycles. The standard InChI is InChI=1S/C12H16O/c13-9-12-8-11(12)7-6-10-4-2-1-3-5-10/h1-5,11-13H,6-9H2. The van der Waals surface area contributed by atoms with Crippen molar-refractivity contribution in [3.8, 4) is 0 Å². The van der Waals surface area contributed by atoms with Crippen LogP contribution in [0.3, 0.4) is 0 Å². The van der Waals surface area contributed by atoms with Gasteiger partial charge in [-0.25, -0.2) is 0 Å². The zero-order chi connectivity index (χ0) is 9.10. The van der Waals surface area contributed by atoms with E-state index in [0.29, 0.717) is 12.5 Å². The molecule has 1 heteroatoms. The van der Waals surface area contributed by atoms with Crippen LogP contribution in [0.15, 0.2) is 30.3 Å². The van der Waals surface area contributed by atoms with Gasteiger partial charge in [0.25, 0.3) is 0 Å². The molecule has 1 aliphatic rings. The highest BCUT2D eigenvalue weighted by atomic mass is 16.3. The van der Waals surface area contributed by atoms with Crippen molar-refractivity contribution in [2.45, 2.75) is 19.3 Å². The van der Waals surface area contributed by atoms with E-state index in [9.17, 15) is 0 Å². The highest BCUT2D eigenvalue weighted by Crippen LogP contribution is 2.41. The van der Waals surface area contributed by atoms with Gasteiger partial charge in [-0.15, -0.1) is 0 Å². The fourth-order valence-electron chi connectivity index (χ4n) is 1.88. The van der Waals surface area contributed by atoms with Crippen LogP contribution in [-0.4, -0.2) is 11.7 Å². The van der Waals surface area contributed by atoms with E-state index in [-0.39, 0.29) is 0 Å². The van der Waals surface area contributed by atoms with Crippen LogP contribution in [-0.2, 0) is 6.42 Å². The molecule has 70 valence electrons. The zero-order valence-electron chi connectivity index (χ0n) is 7.82. The van der Waals surface area contributed by atoms with E-state index in [4.69, 9.17) is 5.11 Å². The molecule has 1 nitrogen and oxygen atoms in total. The van der Waals surface area contributed by atoms with E-state index >= 15 is 0 Å². The predicted molar refractivity (Wildman–Crippen MR) is 53.4 cm³/mol. The van der Waals surface area contributed by atoms with Gasteiger partial charge in [-0.05, 0) is 36.7 Å². The Kier molecular flexibility index (Phi) is 2.65. The minimum Gasteiger partial charge on any atom is -0.396 e. The highest BCUT2D eigenvalue weighted by Gasteiger charge is 2.35. The summed E-state index contributed by atoms with van der Waals surface area (Å²) in [5, 5.41) is 8.87. The molecule has 0 spiro atoms. The summed E-state index contributed by atoms with van der Waals surface area (Å²) < 4.78 is 0. The molecule has 1 aliphatic carbocycles. The number of aliphatic hydroxyl groups excluding tert-OH is 1. The Morgan fingerprint density at radius 2 is 1.92 bits per heavy atom. The molecule has 2 atom stereocenters. The first-order valence-electron chi connectivity index (χ1n) is 5.05. The molecule has 0 bridgehead atoms. The molecule has 0 radical (unpaired) electrons. The van der Waals surface area contributed by atoms with Gasteiger partial charge in [0.1, 0.15) is 0 Å². The summed E-state index contributed by atoms with van der Waals surface area (Å²) in [6.45, 7) is 0.388. The molecule has 1 aromatic carbocycles. The summed E-state index contributed by atoms with van der Waals surface area (Å²) in [4.78, 5) is 0. The Labute approximate surface area is 79.4 Å². The highest BCUT2D eigenvalue weighted by molar-refractivity contribution is 5.15. The molecule has 0 aromatic heterocycles.